The van der Waals surface area contributed by atoms with E-state index in [1.54, 1.807) is 0 Å². The summed E-state index contributed by atoms with van der Waals surface area (Å²) in [6.45, 7) is 7.89. The van der Waals surface area contributed by atoms with Crippen molar-refractivity contribution in [2.75, 3.05) is 26.2 Å². The lowest BCUT2D eigenvalue weighted by Gasteiger charge is -2.33. The van der Waals surface area contributed by atoms with E-state index in [0.717, 1.165) is 44.8 Å². The van der Waals surface area contributed by atoms with Crippen LogP contribution in [-0.4, -0.2) is 36.2 Å². The van der Waals surface area contributed by atoms with E-state index in [-0.39, 0.29) is 31.4 Å². The van der Waals surface area contributed by atoms with Crippen LogP contribution in [0.2, 0.25) is 0 Å². The monoisotopic (exact) mass is 322 g/mol. The standard InChI is InChI=1S/C14H22N2O2.2ClH/c1-2-3-4-13(16-9-7-15-8-10-16)14-6-5-12(11-17)18-14;;/h2,5-6,13,15,17H,1,3-4,7-11H2;2*1H/t13-;;/m0../s1. The van der Waals surface area contributed by atoms with Crippen molar-refractivity contribution < 1.29 is 9.52 Å². The van der Waals surface area contributed by atoms with Crippen molar-refractivity contribution >= 4 is 24.8 Å². The molecule has 2 N–H and O–H groups in total. The Bertz CT molecular complexity index is 379. The van der Waals surface area contributed by atoms with E-state index < -0.39 is 0 Å². The molecule has 0 amide bonds. The molecule has 116 valence electrons. The number of nitrogens with zero attached hydrogens (tertiary/aromatic N) is 1. The summed E-state index contributed by atoms with van der Waals surface area (Å²) in [6.07, 6.45) is 3.94. The van der Waals surface area contributed by atoms with E-state index >= 15 is 0 Å². The number of piperazine rings is 1. The first-order valence-electron chi connectivity index (χ1n) is 6.60. The zero-order valence-corrected chi connectivity index (χ0v) is 13.2. The Morgan fingerprint density at radius 1 is 1.35 bits per heavy atom. The molecule has 6 heteroatoms. The Kier molecular flexibility index (Phi) is 9.98. The Labute approximate surface area is 133 Å². The first-order valence-corrected chi connectivity index (χ1v) is 6.60. The molecular weight excluding hydrogens is 299 g/mol. The molecule has 20 heavy (non-hydrogen) atoms. The lowest BCUT2D eigenvalue weighted by molar-refractivity contribution is 0.142. The molecule has 1 aliphatic rings. The molecule has 0 aliphatic carbocycles. The summed E-state index contributed by atoms with van der Waals surface area (Å²) >= 11 is 0. The molecule has 2 rings (SSSR count). The fourth-order valence-electron chi connectivity index (χ4n) is 2.43. The van der Waals surface area contributed by atoms with Gasteiger partial charge in [-0.3, -0.25) is 4.90 Å². The third-order valence-electron chi connectivity index (χ3n) is 3.40. The highest BCUT2D eigenvalue weighted by atomic mass is 35.5. The molecule has 4 nitrogen and oxygen atoms in total. The molecule has 0 bridgehead atoms. The second kappa shape index (κ2) is 10.2. The summed E-state index contributed by atoms with van der Waals surface area (Å²) in [5, 5.41) is 12.4. The first-order chi connectivity index (χ1) is 8.85. The summed E-state index contributed by atoms with van der Waals surface area (Å²) in [7, 11) is 0. The summed E-state index contributed by atoms with van der Waals surface area (Å²) in [5.74, 6) is 1.60. The van der Waals surface area contributed by atoms with Crippen molar-refractivity contribution in [1.82, 2.24) is 10.2 Å². The average molecular weight is 323 g/mol. The van der Waals surface area contributed by atoms with Gasteiger partial charge in [0.25, 0.3) is 0 Å². The van der Waals surface area contributed by atoms with Crippen LogP contribution in [0, 0.1) is 0 Å². The van der Waals surface area contributed by atoms with Crippen molar-refractivity contribution in [1.29, 1.82) is 0 Å². The summed E-state index contributed by atoms with van der Waals surface area (Å²) in [4.78, 5) is 2.44. The third-order valence-corrected chi connectivity index (χ3v) is 3.40. The normalized spacial score (nSPS) is 16.9. The van der Waals surface area contributed by atoms with Crippen LogP contribution in [0.25, 0.3) is 0 Å². The van der Waals surface area contributed by atoms with Gasteiger partial charge in [0, 0.05) is 26.2 Å². The summed E-state index contributed by atoms with van der Waals surface area (Å²) in [5.41, 5.74) is 0. The van der Waals surface area contributed by atoms with Crippen LogP contribution < -0.4 is 5.32 Å². The SMILES string of the molecule is C=CCC[C@@H](c1ccc(CO)o1)N1CCNCC1.Cl.Cl. The minimum atomic E-state index is -0.0320. The lowest BCUT2D eigenvalue weighted by atomic mass is 10.1. The van der Waals surface area contributed by atoms with E-state index in [1.165, 1.54) is 0 Å². The van der Waals surface area contributed by atoms with Gasteiger partial charge in [-0.25, -0.2) is 0 Å². The van der Waals surface area contributed by atoms with Crippen molar-refractivity contribution in [3.05, 3.63) is 36.3 Å². The van der Waals surface area contributed by atoms with Crippen LogP contribution in [0.4, 0.5) is 0 Å². The van der Waals surface area contributed by atoms with Crippen LogP contribution >= 0.6 is 24.8 Å². The molecule has 0 saturated carbocycles. The molecule has 0 unspecified atom stereocenters. The number of hydrogen-bond acceptors (Lipinski definition) is 4. The molecule has 1 aliphatic heterocycles. The van der Waals surface area contributed by atoms with Crippen molar-refractivity contribution in [3.8, 4) is 0 Å². The van der Waals surface area contributed by atoms with Gasteiger partial charge in [0.2, 0.25) is 0 Å². The number of hydrogen-bond donors (Lipinski definition) is 2. The zero-order valence-electron chi connectivity index (χ0n) is 11.6. The Morgan fingerprint density at radius 3 is 2.60 bits per heavy atom. The predicted octanol–water partition coefficient (Wildman–Crippen LogP) is 2.53. The van der Waals surface area contributed by atoms with Gasteiger partial charge in [-0.15, -0.1) is 31.4 Å². The highest BCUT2D eigenvalue weighted by Gasteiger charge is 2.24. The van der Waals surface area contributed by atoms with Crippen LogP contribution in [-0.2, 0) is 6.61 Å². The third kappa shape index (κ3) is 5.11. The summed E-state index contributed by atoms with van der Waals surface area (Å²) in [6, 6.07) is 4.14. The number of rotatable bonds is 6. The van der Waals surface area contributed by atoms with Gasteiger partial charge in [0.05, 0.1) is 6.04 Å². The number of nitrogens with one attached hydrogen (secondary N) is 1. The number of aliphatic hydroxyl groups is 1. The van der Waals surface area contributed by atoms with Crippen LogP contribution in [0.5, 0.6) is 0 Å². The molecule has 2 heterocycles. The first kappa shape index (κ1) is 19.5. The summed E-state index contributed by atoms with van der Waals surface area (Å²) < 4.78 is 5.70. The largest absolute Gasteiger partial charge is 0.462 e. The van der Waals surface area contributed by atoms with Gasteiger partial charge < -0.3 is 14.8 Å². The van der Waals surface area contributed by atoms with Gasteiger partial charge >= 0.3 is 0 Å². The number of furan rings is 1. The highest BCUT2D eigenvalue weighted by Crippen LogP contribution is 2.27. The van der Waals surface area contributed by atoms with Gasteiger partial charge in [-0.2, -0.15) is 0 Å². The number of aliphatic hydroxyl groups excluding tert-OH is 1. The fourth-order valence-corrected chi connectivity index (χ4v) is 2.43. The van der Waals surface area contributed by atoms with Gasteiger partial charge in [-0.05, 0) is 25.0 Å². The van der Waals surface area contributed by atoms with Gasteiger partial charge in [0.1, 0.15) is 18.1 Å². The van der Waals surface area contributed by atoms with Gasteiger partial charge in [0.15, 0.2) is 0 Å². The second-order valence-electron chi connectivity index (χ2n) is 4.63. The molecule has 1 saturated heterocycles. The zero-order chi connectivity index (χ0) is 12.8. The molecule has 0 spiro atoms. The fraction of sp³-hybridized carbons (Fsp3) is 0.571. The Morgan fingerprint density at radius 2 is 2.05 bits per heavy atom. The van der Waals surface area contributed by atoms with Crippen LogP contribution in [0.3, 0.4) is 0 Å². The van der Waals surface area contributed by atoms with E-state index in [1.807, 2.05) is 18.2 Å². The molecule has 1 aromatic rings. The van der Waals surface area contributed by atoms with E-state index in [2.05, 4.69) is 16.8 Å². The van der Waals surface area contributed by atoms with Gasteiger partial charge in [-0.1, -0.05) is 6.08 Å². The van der Waals surface area contributed by atoms with Crippen LogP contribution in [0.1, 0.15) is 30.4 Å². The minimum absolute atomic E-state index is 0. The predicted molar refractivity (Wildman–Crippen MR) is 85.7 cm³/mol. The maximum absolute atomic E-state index is 9.09. The minimum Gasteiger partial charge on any atom is -0.462 e. The van der Waals surface area contributed by atoms with E-state index in [0.29, 0.717) is 11.8 Å². The molecule has 1 aromatic heterocycles. The maximum Gasteiger partial charge on any atom is 0.129 e. The molecular formula is C14H24Cl2N2O2. The Balaban J connectivity index is 0.00000180. The average Bonchev–Trinajstić information content (AvgIpc) is 2.89. The topological polar surface area (TPSA) is 48.6 Å². The highest BCUT2D eigenvalue weighted by molar-refractivity contribution is 5.85. The maximum atomic E-state index is 9.09. The van der Waals surface area contributed by atoms with Crippen molar-refractivity contribution in [2.24, 2.45) is 0 Å². The van der Waals surface area contributed by atoms with Crippen molar-refractivity contribution in [3.63, 3.8) is 0 Å². The van der Waals surface area contributed by atoms with E-state index in [4.69, 9.17) is 9.52 Å². The Hall–Kier alpha value is -0.520. The quantitative estimate of drug-likeness (QED) is 0.790. The number of allylic oxidation sites excluding steroid dienone is 1. The molecule has 0 radical (unpaired) electrons. The smallest absolute Gasteiger partial charge is 0.129 e. The second-order valence-corrected chi connectivity index (χ2v) is 4.63. The molecule has 1 fully saturated rings. The molecule has 0 aromatic carbocycles. The van der Waals surface area contributed by atoms with E-state index in [9.17, 15) is 0 Å². The molecule has 1 atom stereocenters. The lowest BCUT2D eigenvalue weighted by Crippen LogP contribution is -2.45. The van der Waals surface area contributed by atoms with Crippen molar-refractivity contribution in [2.45, 2.75) is 25.5 Å². The van der Waals surface area contributed by atoms with Crippen LogP contribution in [0.15, 0.2) is 29.2 Å². The number of halogens is 2.